The molecule has 4 N–H and O–H groups in total. The summed E-state index contributed by atoms with van der Waals surface area (Å²) in [6.07, 6.45) is 15.3. The van der Waals surface area contributed by atoms with Gasteiger partial charge in [-0.1, -0.05) is 65.5 Å². The van der Waals surface area contributed by atoms with Gasteiger partial charge >= 0.3 is 0 Å². The molecular weight excluding hydrogens is 626 g/mol. The molecule has 49 heavy (non-hydrogen) atoms. The Balaban J connectivity index is 1.56. The minimum absolute atomic E-state index is 0.000896. The number of nitrogens with zero attached hydrogens (tertiary/aromatic N) is 3. The summed E-state index contributed by atoms with van der Waals surface area (Å²) in [6, 6.07) is -3.90. The van der Waals surface area contributed by atoms with Crippen LogP contribution >= 0.6 is 0 Å². The maximum absolute atomic E-state index is 14.5. The lowest BCUT2D eigenvalue weighted by molar-refractivity contribution is -0.146. The fourth-order valence-corrected chi connectivity index (χ4v) is 6.85. The number of Topliss-reactive ketones (excluding diaryl/α,β-unsaturated/α-hetero) is 1. The van der Waals surface area contributed by atoms with Crippen molar-refractivity contribution >= 4 is 35.3 Å². The maximum Gasteiger partial charge on any atom is 0.289 e. The highest BCUT2D eigenvalue weighted by Gasteiger charge is 2.47. The van der Waals surface area contributed by atoms with Crippen LogP contribution in [0.5, 0.6) is 0 Å². The highest BCUT2D eigenvalue weighted by Crippen LogP contribution is 2.32. The number of likely N-dealkylation sites (tertiary alicyclic amines) is 1. The van der Waals surface area contributed by atoms with Gasteiger partial charge in [-0.15, -0.1) is 0 Å². The van der Waals surface area contributed by atoms with Crippen molar-refractivity contribution in [3.63, 3.8) is 0 Å². The summed E-state index contributed by atoms with van der Waals surface area (Å²) >= 11 is 0. The molecule has 13 nitrogen and oxygen atoms in total. The van der Waals surface area contributed by atoms with Gasteiger partial charge in [0.05, 0.1) is 12.2 Å². The molecule has 1 aliphatic heterocycles. The van der Waals surface area contributed by atoms with Crippen LogP contribution in [-0.4, -0.2) is 86.9 Å². The number of rotatable bonds is 14. The van der Waals surface area contributed by atoms with Crippen molar-refractivity contribution in [2.75, 3.05) is 6.54 Å². The molecule has 2 heterocycles. The van der Waals surface area contributed by atoms with E-state index in [9.17, 15) is 28.8 Å². The average Bonchev–Trinajstić information content (AvgIpc) is 3.80. The summed E-state index contributed by atoms with van der Waals surface area (Å²) in [4.78, 5) is 91.0. The number of hydrogen-bond donors (Lipinski definition) is 4. The molecule has 0 radical (unpaired) electrons. The molecule has 1 aromatic heterocycles. The monoisotopic (exact) mass is 679 g/mol. The fraction of sp³-hybridized carbons (Fsp3) is 0.667. The van der Waals surface area contributed by atoms with E-state index in [0.717, 1.165) is 44.9 Å². The molecule has 2 aliphatic carbocycles. The van der Waals surface area contributed by atoms with Gasteiger partial charge in [-0.3, -0.25) is 33.8 Å². The highest BCUT2D eigenvalue weighted by atomic mass is 16.2. The zero-order chi connectivity index (χ0) is 35.7. The summed E-state index contributed by atoms with van der Waals surface area (Å²) in [5, 5.41) is 11.4. The van der Waals surface area contributed by atoms with E-state index in [0.29, 0.717) is 12.8 Å². The molecule has 1 aromatic rings. The van der Waals surface area contributed by atoms with Gasteiger partial charge in [0.1, 0.15) is 23.8 Å². The second-order valence-corrected chi connectivity index (χ2v) is 14.7. The molecule has 1 saturated heterocycles. The van der Waals surface area contributed by atoms with Crippen LogP contribution in [0.3, 0.4) is 0 Å². The van der Waals surface area contributed by atoms with Crippen LogP contribution in [0.15, 0.2) is 30.7 Å². The van der Waals surface area contributed by atoms with Crippen LogP contribution < -0.4 is 21.3 Å². The Morgan fingerprint density at radius 3 is 2.27 bits per heavy atom. The number of aromatic nitrogens is 2. The van der Waals surface area contributed by atoms with Gasteiger partial charge < -0.3 is 26.2 Å². The molecule has 3 aliphatic rings. The molecule has 4 rings (SSSR count). The topological polar surface area (TPSA) is 180 Å². The second-order valence-electron chi connectivity index (χ2n) is 14.7. The standard InChI is InChI=1S/C36H53N7O6/c1-6-11-23-17-20-43(28(23)33(47)40-25(12-7-2)29(44)34(48)39-24-15-16-24)35(49)30(36(3,4)5)42-32(46)27(22-13-9-8-10-14-22)41-31(45)26-21-37-18-19-38-26/h6,11,18-19,21-25,27-28,30H,7-10,12-17,20H2,1-5H3,(H,39,48)(H,40,47)(H,41,45)(H,42,46)/b11-6+/t23?,25?,27-,28-,30+/m0/s1. The van der Waals surface area contributed by atoms with Crippen LogP contribution in [0.4, 0.5) is 0 Å². The first kappa shape index (κ1) is 37.7. The molecule has 268 valence electrons. The third kappa shape index (κ3) is 9.95. The van der Waals surface area contributed by atoms with Gasteiger partial charge in [0, 0.05) is 30.9 Å². The molecule has 2 saturated carbocycles. The van der Waals surface area contributed by atoms with E-state index >= 15 is 0 Å². The number of hydrogen-bond acceptors (Lipinski definition) is 8. The Labute approximate surface area is 289 Å². The van der Waals surface area contributed by atoms with Crippen molar-refractivity contribution in [2.45, 2.75) is 129 Å². The van der Waals surface area contributed by atoms with E-state index in [1.165, 1.54) is 23.5 Å². The summed E-state index contributed by atoms with van der Waals surface area (Å²) in [6.45, 7) is 9.49. The normalized spacial score (nSPS) is 21.8. The molecular formula is C36H53N7O6. The fourth-order valence-electron chi connectivity index (χ4n) is 6.85. The molecule has 13 heteroatoms. The van der Waals surface area contributed by atoms with Crippen LogP contribution in [0, 0.1) is 17.3 Å². The highest BCUT2D eigenvalue weighted by molar-refractivity contribution is 6.38. The first-order chi connectivity index (χ1) is 23.3. The van der Waals surface area contributed by atoms with Crippen molar-refractivity contribution in [1.29, 1.82) is 0 Å². The van der Waals surface area contributed by atoms with Crippen molar-refractivity contribution in [1.82, 2.24) is 36.1 Å². The van der Waals surface area contributed by atoms with E-state index in [-0.39, 0.29) is 36.5 Å². The molecule has 0 spiro atoms. The van der Waals surface area contributed by atoms with Crippen LogP contribution in [0.2, 0.25) is 0 Å². The molecule has 0 bridgehead atoms. The third-order valence-corrected chi connectivity index (χ3v) is 9.67. The molecule has 0 aromatic carbocycles. The van der Waals surface area contributed by atoms with Gasteiger partial charge in [-0.2, -0.15) is 0 Å². The molecule has 2 unspecified atom stereocenters. The molecule has 5 amide bonds. The van der Waals surface area contributed by atoms with E-state index in [2.05, 4.69) is 31.2 Å². The number of ketones is 1. The van der Waals surface area contributed by atoms with Gasteiger partial charge in [0.25, 0.3) is 11.8 Å². The zero-order valence-electron chi connectivity index (χ0n) is 29.5. The lowest BCUT2D eigenvalue weighted by atomic mass is 9.82. The molecule has 5 atom stereocenters. The Bertz CT molecular complexity index is 1380. The summed E-state index contributed by atoms with van der Waals surface area (Å²) < 4.78 is 0. The third-order valence-electron chi connectivity index (χ3n) is 9.67. The summed E-state index contributed by atoms with van der Waals surface area (Å²) in [7, 11) is 0. The zero-order valence-corrected chi connectivity index (χ0v) is 29.5. The first-order valence-electron chi connectivity index (χ1n) is 17.8. The van der Waals surface area contributed by atoms with Crippen molar-refractivity contribution in [3.8, 4) is 0 Å². The van der Waals surface area contributed by atoms with E-state index in [1.807, 2.05) is 46.8 Å². The predicted molar refractivity (Wildman–Crippen MR) is 183 cm³/mol. The quantitative estimate of drug-likeness (QED) is 0.171. The Morgan fingerprint density at radius 1 is 0.959 bits per heavy atom. The van der Waals surface area contributed by atoms with Gasteiger partial charge in [0.15, 0.2) is 0 Å². The number of carbonyl (C=O) groups excluding carboxylic acids is 6. The smallest absolute Gasteiger partial charge is 0.289 e. The van der Waals surface area contributed by atoms with Gasteiger partial charge in [-0.25, -0.2) is 4.98 Å². The Hall–Kier alpha value is -4.16. The summed E-state index contributed by atoms with van der Waals surface area (Å²) in [5.74, 6) is -3.81. The lowest BCUT2D eigenvalue weighted by Gasteiger charge is -2.38. The predicted octanol–water partition coefficient (Wildman–Crippen LogP) is 2.61. The van der Waals surface area contributed by atoms with Gasteiger partial charge in [-0.05, 0) is 56.8 Å². The minimum Gasteiger partial charge on any atom is -0.347 e. The lowest BCUT2D eigenvalue weighted by Crippen LogP contribution is -2.62. The minimum atomic E-state index is -1.03. The number of nitrogens with one attached hydrogen (secondary N) is 4. The van der Waals surface area contributed by atoms with Crippen molar-refractivity contribution in [2.24, 2.45) is 17.3 Å². The number of carbonyl (C=O) groups is 6. The SMILES string of the molecule is C/C=C/C1CCN(C(=O)[C@@H](NC(=O)[C@@H](NC(=O)c2cnccn2)C2CCCCC2)C(C)(C)C)[C@@H]1C(=O)NC(CCC)C(=O)C(=O)NC1CC1. The van der Waals surface area contributed by atoms with Crippen LogP contribution in [0.25, 0.3) is 0 Å². The average molecular weight is 680 g/mol. The Kier molecular flexibility index (Phi) is 13.0. The van der Waals surface area contributed by atoms with E-state index in [1.54, 1.807) is 0 Å². The van der Waals surface area contributed by atoms with E-state index in [4.69, 9.17) is 0 Å². The second kappa shape index (κ2) is 17.0. The van der Waals surface area contributed by atoms with Gasteiger partial charge in [0.2, 0.25) is 23.5 Å². The van der Waals surface area contributed by atoms with Crippen LogP contribution in [-0.2, 0) is 24.0 Å². The largest absolute Gasteiger partial charge is 0.347 e. The van der Waals surface area contributed by atoms with Crippen LogP contribution in [0.1, 0.15) is 109 Å². The molecule has 3 fully saturated rings. The first-order valence-corrected chi connectivity index (χ1v) is 17.8. The Morgan fingerprint density at radius 2 is 1.67 bits per heavy atom. The number of amides is 5. The summed E-state index contributed by atoms with van der Waals surface area (Å²) in [5.41, 5.74) is -0.675. The maximum atomic E-state index is 14.5. The number of allylic oxidation sites excluding steroid dienone is 1. The van der Waals surface area contributed by atoms with E-state index < -0.39 is 64.9 Å². The van der Waals surface area contributed by atoms with Crippen molar-refractivity contribution in [3.05, 3.63) is 36.4 Å². The van der Waals surface area contributed by atoms with Crippen molar-refractivity contribution < 1.29 is 28.8 Å².